The summed E-state index contributed by atoms with van der Waals surface area (Å²) in [7, 11) is 0. The lowest BCUT2D eigenvalue weighted by molar-refractivity contribution is -0.132. The summed E-state index contributed by atoms with van der Waals surface area (Å²) in [5, 5.41) is 8.35. The quantitative estimate of drug-likeness (QED) is 0.569. The molecule has 3 aromatic rings. The average Bonchev–Trinajstić information content (AvgIpc) is 3.38. The van der Waals surface area contributed by atoms with Crippen LogP contribution in [0, 0.1) is 0 Å². The molecule has 138 valence electrons. The van der Waals surface area contributed by atoms with Gasteiger partial charge in [-0.25, -0.2) is 4.79 Å². The molecule has 27 heavy (non-hydrogen) atoms. The molecule has 4 amide bonds. The standard InChI is InChI=1S/C19H18N4O3S/c24-17(21-10-13-4-3-7-27-13)11-23-18(25)16(22-19(23)26)8-12-9-20-15-6-2-1-5-14(12)15/h1-7,9,16,20H,8,10-11H2,(H,21,24)(H,22,26)/t16-/m0/s1. The molecular weight excluding hydrogens is 364 g/mol. The Bertz CT molecular complexity index is 995. The zero-order valence-electron chi connectivity index (χ0n) is 14.4. The number of H-pyrrole nitrogens is 1. The van der Waals surface area contributed by atoms with Crippen LogP contribution in [0.1, 0.15) is 10.4 Å². The third-order valence-electron chi connectivity index (χ3n) is 4.55. The predicted molar refractivity (Wildman–Crippen MR) is 102 cm³/mol. The molecule has 2 aromatic heterocycles. The Hall–Kier alpha value is -3.13. The summed E-state index contributed by atoms with van der Waals surface area (Å²) < 4.78 is 0. The van der Waals surface area contributed by atoms with Crippen molar-refractivity contribution < 1.29 is 14.4 Å². The van der Waals surface area contributed by atoms with E-state index in [1.807, 2.05) is 48.0 Å². The molecule has 3 heterocycles. The first-order chi connectivity index (χ1) is 13.1. The minimum Gasteiger partial charge on any atom is -0.361 e. The topological polar surface area (TPSA) is 94.3 Å². The molecule has 8 heteroatoms. The number of para-hydroxylation sites is 1. The fraction of sp³-hybridized carbons (Fsp3) is 0.211. The lowest BCUT2D eigenvalue weighted by Gasteiger charge is -2.12. The molecule has 0 bridgehead atoms. The summed E-state index contributed by atoms with van der Waals surface area (Å²) in [4.78, 5) is 42.0. The van der Waals surface area contributed by atoms with Crippen LogP contribution in [0.3, 0.4) is 0 Å². The minimum atomic E-state index is -0.665. The van der Waals surface area contributed by atoms with Gasteiger partial charge < -0.3 is 15.6 Å². The van der Waals surface area contributed by atoms with Crippen molar-refractivity contribution in [1.82, 2.24) is 20.5 Å². The average molecular weight is 382 g/mol. The molecule has 1 saturated heterocycles. The molecular formula is C19H18N4O3S. The number of nitrogens with one attached hydrogen (secondary N) is 3. The van der Waals surface area contributed by atoms with E-state index in [0.29, 0.717) is 13.0 Å². The summed E-state index contributed by atoms with van der Waals surface area (Å²) in [5.41, 5.74) is 1.93. The molecule has 0 saturated carbocycles. The van der Waals surface area contributed by atoms with Gasteiger partial charge in [0.1, 0.15) is 12.6 Å². The number of imide groups is 1. The van der Waals surface area contributed by atoms with E-state index >= 15 is 0 Å². The molecule has 1 aliphatic rings. The number of hydrogen-bond acceptors (Lipinski definition) is 4. The van der Waals surface area contributed by atoms with Crippen molar-refractivity contribution >= 4 is 40.1 Å². The summed E-state index contributed by atoms with van der Waals surface area (Å²) in [6.07, 6.45) is 2.22. The molecule has 1 aromatic carbocycles. The van der Waals surface area contributed by atoms with Crippen molar-refractivity contribution in [2.45, 2.75) is 19.0 Å². The number of carbonyl (C=O) groups is 3. The van der Waals surface area contributed by atoms with E-state index in [1.54, 1.807) is 0 Å². The van der Waals surface area contributed by atoms with Crippen LogP contribution >= 0.6 is 11.3 Å². The van der Waals surface area contributed by atoms with Gasteiger partial charge in [-0.15, -0.1) is 11.3 Å². The Kier molecular flexibility index (Phi) is 4.64. The maximum Gasteiger partial charge on any atom is 0.325 e. The van der Waals surface area contributed by atoms with Crippen LogP contribution in [0.25, 0.3) is 10.9 Å². The zero-order valence-corrected chi connectivity index (χ0v) is 15.2. The number of amides is 4. The molecule has 0 aliphatic carbocycles. The van der Waals surface area contributed by atoms with Gasteiger partial charge in [-0.2, -0.15) is 0 Å². The molecule has 1 aliphatic heterocycles. The van der Waals surface area contributed by atoms with Gasteiger partial charge in [0.05, 0.1) is 6.54 Å². The number of rotatable bonds is 6. The van der Waals surface area contributed by atoms with Gasteiger partial charge in [0.2, 0.25) is 5.91 Å². The third kappa shape index (κ3) is 3.56. The predicted octanol–water partition coefficient (Wildman–Crippen LogP) is 2.01. The van der Waals surface area contributed by atoms with E-state index in [0.717, 1.165) is 26.2 Å². The van der Waals surface area contributed by atoms with Crippen molar-refractivity contribution in [2.24, 2.45) is 0 Å². The Morgan fingerprint density at radius 1 is 1.19 bits per heavy atom. The number of nitrogens with zero attached hydrogens (tertiary/aromatic N) is 1. The second-order valence-electron chi connectivity index (χ2n) is 6.35. The lowest BCUT2D eigenvalue weighted by Crippen LogP contribution is -2.41. The van der Waals surface area contributed by atoms with Crippen LogP contribution < -0.4 is 10.6 Å². The van der Waals surface area contributed by atoms with E-state index in [1.165, 1.54) is 11.3 Å². The summed E-state index contributed by atoms with van der Waals surface area (Å²) in [6.45, 7) is 0.110. The Labute approximate surface area is 159 Å². The SMILES string of the molecule is O=C(CN1C(=O)N[C@@H](Cc2c[nH]c3ccccc23)C1=O)NCc1cccs1. The Morgan fingerprint density at radius 2 is 2.04 bits per heavy atom. The van der Waals surface area contributed by atoms with E-state index < -0.39 is 12.1 Å². The van der Waals surface area contributed by atoms with Crippen LogP contribution in [0.5, 0.6) is 0 Å². The number of fused-ring (bicyclic) bond motifs is 1. The second kappa shape index (κ2) is 7.24. The van der Waals surface area contributed by atoms with E-state index in [2.05, 4.69) is 15.6 Å². The van der Waals surface area contributed by atoms with Gasteiger partial charge in [-0.3, -0.25) is 14.5 Å². The normalized spacial score (nSPS) is 16.7. The van der Waals surface area contributed by atoms with Gasteiger partial charge >= 0.3 is 6.03 Å². The van der Waals surface area contributed by atoms with Crippen LogP contribution in [0.15, 0.2) is 48.0 Å². The summed E-state index contributed by atoms with van der Waals surface area (Å²) >= 11 is 1.53. The number of aromatic amines is 1. The smallest absolute Gasteiger partial charge is 0.325 e. The summed E-state index contributed by atoms with van der Waals surface area (Å²) in [6, 6.07) is 10.4. The fourth-order valence-corrected chi connectivity index (χ4v) is 3.83. The molecule has 0 unspecified atom stereocenters. The van der Waals surface area contributed by atoms with E-state index in [9.17, 15) is 14.4 Å². The van der Waals surface area contributed by atoms with E-state index in [-0.39, 0.29) is 18.4 Å². The zero-order chi connectivity index (χ0) is 18.8. The number of thiophene rings is 1. The van der Waals surface area contributed by atoms with Crippen molar-refractivity contribution in [3.05, 3.63) is 58.4 Å². The third-order valence-corrected chi connectivity index (χ3v) is 5.42. The van der Waals surface area contributed by atoms with Gasteiger partial charge in [-0.1, -0.05) is 24.3 Å². The number of urea groups is 1. The van der Waals surface area contributed by atoms with Gasteiger partial charge in [-0.05, 0) is 23.1 Å². The highest BCUT2D eigenvalue weighted by molar-refractivity contribution is 7.09. The van der Waals surface area contributed by atoms with Crippen LogP contribution in [-0.4, -0.2) is 40.3 Å². The van der Waals surface area contributed by atoms with Gasteiger partial charge in [0.15, 0.2) is 0 Å². The van der Waals surface area contributed by atoms with E-state index in [4.69, 9.17) is 0 Å². The largest absolute Gasteiger partial charge is 0.361 e. The van der Waals surface area contributed by atoms with Crippen LogP contribution in [-0.2, 0) is 22.6 Å². The molecule has 0 spiro atoms. The molecule has 3 N–H and O–H groups in total. The van der Waals surface area contributed by atoms with Crippen LogP contribution in [0.4, 0.5) is 4.79 Å². The fourth-order valence-electron chi connectivity index (χ4n) is 3.18. The maximum atomic E-state index is 12.6. The number of carbonyl (C=O) groups excluding carboxylic acids is 3. The molecule has 1 atom stereocenters. The minimum absolute atomic E-state index is 0.277. The first kappa shape index (κ1) is 17.3. The highest BCUT2D eigenvalue weighted by Crippen LogP contribution is 2.21. The van der Waals surface area contributed by atoms with Gasteiger partial charge in [0.25, 0.3) is 5.91 Å². The molecule has 7 nitrogen and oxygen atoms in total. The highest BCUT2D eigenvalue weighted by Gasteiger charge is 2.39. The lowest BCUT2D eigenvalue weighted by atomic mass is 10.1. The molecule has 4 rings (SSSR count). The van der Waals surface area contributed by atoms with Crippen molar-refractivity contribution in [1.29, 1.82) is 0 Å². The van der Waals surface area contributed by atoms with Gasteiger partial charge in [0, 0.05) is 28.4 Å². The first-order valence-corrected chi connectivity index (χ1v) is 9.46. The van der Waals surface area contributed by atoms with Crippen molar-refractivity contribution in [2.75, 3.05) is 6.54 Å². The highest BCUT2D eigenvalue weighted by atomic mass is 32.1. The number of hydrogen-bond donors (Lipinski definition) is 3. The Balaban J connectivity index is 1.39. The van der Waals surface area contributed by atoms with Crippen molar-refractivity contribution in [3.8, 4) is 0 Å². The number of aromatic nitrogens is 1. The molecule has 0 radical (unpaired) electrons. The number of benzene rings is 1. The first-order valence-electron chi connectivity index (χ1n) is 8.58. The maximum absolute atomic E-state index is 12.6. The van der Waals surface area contributed by atoms with Crippen molar-refractivity contribution in [3.63, 3.8) is 0 Å². The Morgan fingerprint density at radius 3 is 2.85 bits per heavy atom. The molecule has 1 fully saturated rings. The van der Waals surface area contributed by atoms with Crippen LogP contribution in [0.2, 0.25) is 0 Å². The summed E-state index contributed by atoms with van der Waals surface area (Å²) in [5.74, 6) is -0.740. The second-order valence-corrected chi connectivity index (χ2v) is 7.38. The monoisotopic (exact) mass is 382 g/mol.